The van der Waals surface area contributed by atoms with Gasteiger partial charge >= 0.3 is 0 Å². The second-order valence-corrected chi connectivity index (χ2v) is 9.12. The van der Waals surface area contributed by atoms with E-state index in [1.165, 1.54) is 6.08 Å². The monoisotopic (exact) mass is 447 g/mol. The van der Waals surface area contributed by atoms with Crippen LogP contribution in [0.3, 0.4) is 0 Å². The third-order valence-electron chi connectivity index (χ3n) is 5.32. The second kappa shape index (κ2) is 9.70. The molecule has 164 valence electrons. The lowest BCUT2D eigenvalue weighted by molar-refractivity contribution is 0.0747. The van der Waals surface area contributed by atoms with Crippen molar-refractivity contribution >= 4 is 33.4 Å². The van der Waals surface area contributed by atoms with Crippen LogP contribution in [0.2, 0.25) is 0 Å². The summed E-state index contributed by atoms with van der Waals surface area (Å²) in [6.45, 7) is 2.85. The van der Waals surface area contributed by atoms with E-state index in [0.717, 1.165) is 29.7 Å². The van der Waals surface area contributed by atoms with E-state index in [-0.39, 0.29) is 5.91 Å². The fourth-order valence-electron chi connectivity index (χ4n) is 3.60. The zero-order valence-corrected chi connectivity index (χ0v) is 18.4. The van der Waals surface area contributed by atoms with E-state index in [1.807, 2.05) is 53.4 Å². The second-order valence-electron chi connectivity index (χ2n) is 7.55. The predicted molar refractivity (Wildman–Crippen MR) is 129 cm³/mol. The minimum atomic E-state index is -3.65. The van der Waals surface area contributed by atoms with E-state index in [0.29, 0.717) is 24.3 Å². The first kappa shape index (κ1) is 21.6. The number of rotatable bonds is 6. The molecular weight excluding hydrogens is 422 g/mol. The highest BCUT2D eigenvalue weighted by Gasteiger charge is 2.22. The number of nitrogens with one attached hydrogen (secondary N) is 1. The molecule has 1 heterocycles. The molecule has 6 nitrogen and oxygen atoms in total. The van der Waals surface area contributed by atoms with Crippen LogP contribution in [-0.2, 0) is 10.0 Å². The zero-order valence-electron chi connectivity index (χ0n) is 17.6. The minimum Gasteiger partial charge on any atom is -0.368 e. The highest BCUT2D eigenvalue weighted by Crippen LogP contribution is 2.18. The largest absolute Gasteiger partial charge is 0.368 e. The molecule has 1 N–H and O–H groups in total. The molecule has 3 aromatic rings. The van der Waals surface area contributed by atoms with Gasteiger partial charge in [0.05, 0.1) is 5.41 Å². The number of benzene rings is 3. The fraction of sp³-hybridized carbons (Fsp3) is 0.160. The molecule has 0 radical (unpaired) electrons. The van der Waals surface area contributed by atoms with Crippen LogP contribution in [0.25, 0.3) is 6.08 Å². The Kier molecular flexibility index (Phi) is 6.56. The van der Waals surface area contributed by atoms with Crippen molar-refractivity contribution in [1.29, 1.82) is 0 Å². The molecule has 0 aliphatic carbocycles. The van der Waals surface area contributed by atoms with Gasteiger partial charge in [0, 0.05) is 43.1 Å². The molecule has 7 heteroatoms. The highest BCUT2D eigenvalue weighted by atomic mass is 32.2. The molecule has 1 saturated heterocycles. The Hall–Kier alpha value is -3.58. The molecule has 32 heavy (non-hydrogen) atoms. The van der Waals surface area contributed by atoms with Gasteiger partial charge in [0.2, 0.25) is 0 Å². The normalized spacial score (nSPS) is 14.5. The topological polar surface area (TPSA) is 69.7 Å². The smallest absolute Gasteiger partial charge is 0.255 e. The minimum absolute atomic E-state index is 0.0453. The summed E-state index contributed by atoms with van der Waals surface area (Å²) in [4.78, 5) is 17.0. The van der Waals surface area contributed by atoms with Gasteiger partial charge in [0.25, 0.3) is 15.9 Å². The third-order valence-corrected chi connectivity index (χ3v) is 6.33. The Morgan fingerprint density at radius 3 is 2.00 bits per heavy atom. The van der Waals surface area contributed by atoms with E-state index >= 15 is 0 Å². The number of piperazine rings is 1. The van der Waals surface area contributed by atoms with Gasteiger partial charge in [-0.05, 0) is 48.0 Å². The summed E-state index contributed by atoms with van der Waals surface area (Å²) in [5.74, 6) is -0.0453. The average molecular weight is 448 g/mol. The van der Waals surface area contributed by atoms with E-state index in [4.69, 9.17) is 0 Å². The standard InChI is InChI=1S/C25H25N3O3S/c29-25(28-18-16-27(17-19-28)24-9-5-2-6-10-24)22-11-13-23(14-12-22)26-32(30,31)20-15-21-7-3-1-4-8-21/h1-15,20,26H,16-19H2/b20-15+. The summed E-state index contributed by atoms with van der Waals surface area (Å²) in [5.41, 5.74) is 2.91. The number of carbonyl (C=O) groups excluding carboxylic acids is 1. The van der Waals surface area contributed by atoms with Crippen LogP contribution in [0, 0.1) is 0 Å². The number of sulfonamides is 1. The lowest BCUT2D eigenvalue weighted by Gasteiger charge is -2.36. The summed E-state index contributed by atoms with van der Waals surface area (Å²) in [5, 5.41) is 1.13. The van der Waals surface area contributed by atoms with Crippen molar-refractivity contribution in [2.45, 2.75) is 0 Å². The number of hydrogen-bond donors (Lipinski definition) is 1. The zero-order chi connectivity index (χ0) is 22.4. The Morgan fingerprint density at radius 2 is 1.38 bits per heavy atom. The molecule has 0 saturated carbocycles. The van der Waals surface area contributed by atoms with Crippen LogP contribution in [-0.4, -0.2) is 45.4 Å². The van der Waals surface area contributed by atoms with Crippen LogP contribution in [0.4, 0.5) is 11.4 Å². The van der Waals surface area contributed by atoms with Crippen molar-refractivity contribution in [2.75, 3.05) is 35.8 Å². The molecule has 1 aliphatic heterocycles. The van der Waals surface area contributed by atoms with Crippen molar-refractivity contribution in [3.05, 3.63) is 101 Å². The first-order valence-corrected chi connectivity index (χ1v) is 12.0. The quantitative estimate of drug-likeness (QED) is 0.619. The maximum atomic E-state index is 12.9. The van der Waals surface area contributed by atoms with E-state index in [2.05, 4.69) is 21.8 Å². The first-order chi connectivity index (χ1) is 15.5. The average Bonchev–Trinajstić information content (AvgIpc) is 2.84. The molecule has 0 aromatic heterocycles. The molecule has 1 aliphatic rings. The summed E-state index contributed by atoms with van der Waals surface area (Å²) >= 11 is 0. The molecular formula is C25H25N3O3S. The molecule has 3 aromatic carbocycles. The van der Waals surface area contributed by atoms with Gasteiger partial charge in [0.1, 0.15) is 0 Å². The lowest BCUT2D eigenvalue weighted by Crippen LogP contribution is -2.48. The van der Waals surface area contributed by atoms with E-state index in [9.17, 15) is 13.2 Å². The van der Waals surface area contributed by atoms with Crippen molar-refractivity contribution in [3.8, 4) is 0 Å². The molecule has 1 amide bonds. The first-order valence-electron chi connectivity index (χ1n) is 10.5. The van der Waals surface area contributed by atoms with Gasteiger partial charge in [-0.15, -0.1) is 0 Å². The van der Waals surface area contributed by atoms with Gasteiger partial charge in [-0.3, -0.25) is 9.52 Å². The summed E-state index contributed by atoms with van der Waals surface area (Å²) < 4.78 is 27.1. The number of para-hydroxylation sites is 1. The number of anilines is 2. The Balaban J connectivity index is 1.34. The van der Waals surface area contributed by atoms with Gasteiger partial charge in [-0.2, -0.15) is 0 Å². The Labute approximate surface area is 188 Å². The third kappa shape index (κ3) is 5.56. The number of amides is 1. The molecule has 4 rings (SSSR count). The van der Waals surface area contributed by atoms with Gasteiger partial charge < -0.3 is 9.80 Å². The summed E-state index contributed by atoms with van der Waals surface area (Å²) in [7, 11) is -3.65. The summed E-state index contributed by atoms with van der Waals surface area (Å²) in [6.07, 6.45) is 1.54. The van der Waals surface area contributed by atoms with Gasteiger partial charge in [-0.1, -0.05) is 48.5 Å². The van der Waals surface area contributed by atoms with Crippen molar-refractivity contribution in [2.24, 2.45) is 0 Å². The number of hydrogen-bond acceptors (Lipinski definition) is 4. The van der Waals surface area contributed by atoms with Crippen LogP contribution < -0.4 is 9.62 Å². The van der Waals surface area contributed by atoms with Crippen molar-refractivity contribution in [3.63, 3.8) is 0 Å². The van der Waals surface area contributed by atoms with Crippen LogP contribution in [0.5, 0.6) is 0 Å². The number of nitrogens with zero attached hydrogens (tertiary/aromatic N) is 2. The van der Waals surface area contributed by atoms with Crippen LogP contribution in [0.15, 0.2) is 90.3 Å². The summed E-state index contributed by atoms with van der Waals surface area (Å²) in [6, 6.07) is 25.9. The molecule has 0 bridgehead atoms. The highest BCUT2D eigenvalue weighted by molar-refractivity contribution is 7.95. The Bertz CT molecular complexity index is 1170. The maximum Gasteiger partial charge on any atom is 0.255 e. The Morgan fingerprint density at radius 1 is 0.781 bits per heavy atom. The van der Waals surface area contributed by atoms with E-state index in [1.54, 1.807) is 24.3 Å². The predicted octanol–water partition coefficient (Wildman–Crippen LogP) is 4.06. The molecule has 1 fully saturated rings. The van der Waals surface area contributed by atoms with Crippen molar-refractivity contribution in [1.82, 2.24) is 4.90 Å². The maximum absolute atomic E-state index is 12.9. The SMILES string of the molecule is O=C(c1ccc(NS(=O)(=O)/C=C/c2ccccc2)cc1)N1CCN(c2ccccc2)CC1. The van der Waals surface area contributed by atoms with Gasteiger partial charge in [-0.25, -0.2) is 8.42 Å². The van der Waals surface area contributed by atoms with E-state index < -0.39 is 10.0 Å². The molecule has 0 atom stereocenters. The van der Waals surface area contributed by atoms with Crippen LogP contribution >= 0.6 is 0 Å². The van der Waals surface area contributed by atoms with Crippen LogP contribution in [0.1, 0.15) is 15.9 Å². The van der Waals surface area contributed by atoms with Crippen molar-refractivity contribution < 1.29 is 13.2 Å². The molecule has 0 unspecified atom stereocenters. The number of carbonyl (C=O) groups is 1. The fourth-order valence-corrected chi connectivity index (χ4v) is 4.47. The van der Waals surface area contributed by atoms with Gasteiger partial charge in [0.15, 0.2) is 0 Å². The lowest BCUT2D eigenvalue weighted by atomic mass is 10.1. The molecule has 0 spiro atoms.